The van der Waals surface area contributed by atoms with Crippen molar-refractivity contribution >= 4 is 5.78 Å². The van der Waals surface area contributed by atoms with Gasteiger partial charge < -0.3 is 5.11 Å². The predicted octanol–water partition coefficient (Wildman–Crippen LogP) is 7.88. The van der Waals surface area contributed by atoms with Crippen LogP contribution in [0, 0.1) is 39.4 Å². The molecular weight excluding hydrogens is 392 g/mol. The second kappa shape index (κ2) is 7.69. The van der Waals surface area contributed by atoms with Crippen molar-refractivity contribution in [3.05, 3.63) is 11.1 Å². The SMILES string of the molecule is C[C@H](CCCC(C)(C)O)[C@H]1CC[C@@]2(C)C3=C(CC[C@]12C)[C@@]1(C)CCC(=O)C(C)(C)[C@@H]1CC3. The lowest BCUT2D eigenvalue weighted by Gasteiger charge is -2.61. The van der Waals surface area contributed by atoms with E-state index >= 15 is 0 Å². The van der Waals surface area contributed by atoms with Gasteiger partial charge in [-0.15, -0.1) is 0 Å². The van der Waals surface area contributed by atoms with Crippen LogP contribution < -0.4 is 0 Å². The molecule has 0 aromatic carbocycles. The molecule has 182 valence electrons. The van der Waals surface area contributed by atoms with Gasteiger partial charge >= 0.3 is 0 Å². The maximum absolute atomic E-state index is 12.8. The molecule has 1 N–H and O–H groups in total. The number of Topliss-reactive ketones (excluding diaryl/α,β-unsaturated/α-hetero) is 1. The topological polar surface area (TPSA) is 37.3 Å². The molecule has 0 saturated heterocycles. The number of fused-ring (bicyclic) bond motifs is 4. The molecule has 0 radical (unpaired) electrons. The molecule has 0 heterocycles. The number of allylic oxidation sites excluding steroid dienone is 2. The van der Waals surface area contributed by atoms with Gasteiger partial charge in [0.15, 0.2) is 0 Å². The van der Waals surface area contributed by atoms with Crippen LogP contribution in [0.5, 0.6) is 0 Å². The Bertz CT molecular complexity index is 798. The van der Waals surface area contributed by atoms with Gasteiger partial charge in [0.05, 0.1) is 5.60 Å². The zero-order valence-corrected chi connectivity index (χ0v) is 22.4. The van der Waals surface area contributed by atoms with E-state index in [-0.39, 0.29) is 10.8 Å². The van der Waals surface area contributed by atoms with Gasteiger partial charge in [-0.25, -0.2) is 0 Å². The van der Waals surface area contributed by atoms with E-state index in [1.165, 1.54) is 44.9 Å². The van der Waals surface area contributed by atoms with Gasteiger partial charge in [-0.05, 0) is 99.2 Å². The molecule has 4 aliphatic carbocycles. The highest BCUT2D eigenvalue weighted by Gasteiger charge is 2.63. The van der Waals surface area contributed by atoms with Crippen LogP contribution in [0.25, 0.3) is 0 Å². The van der Waals surface area contributed by atoms with Crippen molar-refractivity contribution in [1.29, 1.82) is 0 Å². The van der Waals surface area contributed by atoms with E-state index in [9.17, 15) is 9.90 Å². The van der Waals surface area contributed by atoms with E-state index in [0.717, 1.165) is 37.5 Å². The van der Waals surface area contributed by atoms with Gasteiger partial charge in [0.25, 0.3) is 0 Å². The lowest BCUT2D eigenvalue weighted by atomic mass is 9.43. The Morgan fingerprint density at radius 3 is 2.31 bits per heavy atom. The minimum Gasteiger partial charge on any atom is -0.390 e. The van der Waals surface area contributed by atoms with E-state index in [1.54, 1.807) is 5.57 Å². The molecule has 2 fully saturated rings. The third kappa shape index (κ3) is 3.48. The van der Waals surface area contributed by atoms with Crippen LogP contribution in [-0.2, 0) is 4.79 Å². The largest absolute Gasteiger partial charge is 0.390 e. The number of rotatable bonds is 5. The maximum atomic E-state index is 12.8. The highest BCUT2D eigenvalue weighted by molar-refractivity contribution is 5.85. The van der Waals surface area contributed by atoms with Crippen molar-refractivity contribution in [3.63, 3.8) is 0 Å². The number of ketones is 1. The van der Waals surface area contributed by atoms with Crippen LogP contribution in [0.4, 0.5) is 0 Å². The van der Waals surface area contributed by atoms with Gasteiger partial charge in [-0.3, -0.25) is 4.79 Å². The maximum Gasteiger partial charge on any atom is 0.138 e. The Balaban J connectivity index is 1.61. The third-order valence-electron chi connectivity index (χ3n) is 11.7. The molecule has 2 saturated carbocycles. The van der Waals surface area contributed by atoms with Crippen LogP contribution in [0.2, 0.25) is 0 Å². The molecule has 0 spiro atoms. The number of aliphatic hydroxyl groups is 1. The van der Waals surface area contributed by atoms with E-state index < -0.39 is 5.60 Å². The second-order valence-corrected chi connectivity index (χ2v) is 14.2. The summed E-state index contributed by atoms with van der Waals surface area (Å²) in [6.07, 6.45) is 12.8. The smallest absolute Gasteiger partial charge is 0.138 e. The molecule has 0 amide bonds. The molecule has 4 aliphatic rings. The molecule has 0 aliphatic heterocycles. The second-order valence-electron chi connectivity index (χ2n) is 14.2. The normalized spacial score (nSPS) is 42.3. The first kappa shape index (κ1) is 24.5. The highest BCUT2D eigenvalue weighted by atomic mass is 16.3. The molecule has 4 rings (SSSR count). The van der Waals surface area contributed by atoms with Crippen LogP contribution in [-0.4, -0.2) is 16.5 Å². The van der Waals surface area contributed by atoms with Crippen LogP contribution in [0.15, 0.2) is 11.1 Å². The van der Waals surface area contributed by atoms with Gasteiger partial charge in [-0.1, -0.05) is 65.5 Å². The van der Waals surface area contributed by atoms with Gasteiger partial charge in [0.1, 0.15) is 5.78 Å². The summed E-state index contributed by atoms with van der Waals surface area (Å²) >= 11 is 0. The zero-order chi connectivity index (χ0) is 23.7. The molecule has 32 heavy (non-hydrogen) atoms. The summed E-state index contributed by atoms with van der Waals surface area (Å²) in [7, 11) is 0. The average Bonchev–Trinajstić information content (AvgIpc) is 2.96. The summed E-state index contributed by atoms with van der Waals surface area (Å²) in [6.45, 7) is 18.6. The summed E-state index contributed by atoms with van der Waals surface area (Å²) in [5.74, 6) is 2.53. The fourth-order valence-corrected chi connectivity index (χ4v) is 9.50. The third-order valence-corrected chi connectivity index (χ3v) is 11.7. The van der Waals surface area contributed by atoms with Crippen molar-refractivity contribution in [2.45, 2.75) is 132 Å². The lowest BCUT2D eigenvalue weighted by Crippen LogP contribution is -2.53. The molecule has 0 unspecified atom stereocenters. The van der Waals surface area contributed by atoms with Crippen molar-refractivity contribution in [2.24, 2.45) is 39.4 Å². The number of hydrogen-bond acceptors (Lipinski definition) is 2. The standard InChI is InChI=1S/C30H50O2/c1-20(10-9-16-26(2,3)32)21-13-18-30(8)23-11-12-24-27(4,5)25(31)15-17-28(24,6)22(23)14-19-29(21,30)7/h20-21,24,32H,9-19H2,1-8H3/t20-,21-,24+,28-,29-,30+/m1/s1. The Morgan fingerprint density at radius 1 is 0.969 bits per heavy atom. The van der Waals surface area contributed by atoms with Crippen molar-refractivity contribution in [1.82, 2.24) is 0 Å². The van der Waals surface area contributed by atoms with E-state index in [4.69, 9.17) is 0 Å². The predicted molar refractivity (Wildman–Crippen MR) is 133 cm³/mol. The molecule has 0 aromatic rings. The fraction of sp³-hybridized carbons (Fsp3) is 0.900. The summed E-state index contributed by atoms with van der Waals surface area (Å²) in [5.41, 5.74) is 3.85. The van der Waals surface area contributed by atoms with Crippen LogP contribution >= 0.6 is 0 Å². The first-order chi connectivity index (χ1) is 14.7. The molecule has 0 bridgehead atoms. The summed E-state index contributed by atoms with van der Waals surface area (Å²) in [6, 6.07) is 0. The minimum atomic E-state index is -0.540. The van der Waals surface area contributed by atoms with Crippen LogP contribution in [0.1, 0.15) is 126 Å². The fourth-order valence-electron chi connectivity index (χ4n) is 9.50. The Kier molecular flexibility index (Phi) is 5.89. The Hall–Kier alpha value is -0.630. The van der Waals surface area contributed by atoms with E-state index in [2.05, 4.69) is 41.5 Å². The lowest BCUT2D eigenvalue weighted by molar-refractivity contribution is -0.139. The summed E-state index contributed by atoms with van der Waals surface area (Å²) < 4.78 is 0. The van der Waals surface area contributed by atoms with E-state index in [0.29, 0.717) is 22.5 Å². The average molecular weight is 443 g/mol. The van der Waals surface area contributed by atoms with Crippen molar-refractivity contribution in [3.8, 4) is 0 Å². The first-order valence-electron chi connectivity index (χ1n) is 13.7. The molecule has 0 aromatic heterocycles. The van der Waals surface area contributed by atoms with Gasteiger partial charge in [0.2, 0.25) is 0 Å². The van der Waals surface area contributed by atoms with Crippen molar-refractivity contribution < 1.29 is 9.90 Å². The summed E-state index contributed by atoms with van der Waals surface area (Å²) in [5, 5.41) is 10.1. The highest BCUT2D eigenvalue weighted by Crippen LogP contribution is 2.72. The summed E-state index contributed by atoms with van der Waals surface area (Å²) in [4.78, 5) is 12.8. The quantitative estimate of drug-likeness (QED) is 0.440. The minimum absolute atomic E-state index is 0.166. The Morgan fingerprint density at radius 2 is 1.66 bits per heavy atom. The van der Waals surface area contributed by atoms with Gasteiger partial charge in [0, 0.05) is 11.8 Å². The number of carbonyl (C=O) groups excluding carboxylic acids is 1. The Labute approximate surface area is 198 Å². The zero-order valence-electron chi connectivity index (χ0n) is 22.4. The molecule has 6 atom stereocenters. The van der Waals surface area contributed by atoms with Crippen LogP contribution in [0.3, 0.4) is 0 Å². The number of carbonyl (C=O) groups is 1. The molecule has 2 nitrogen and oxygen atoms in total. The number of hydrogen-bond donors (Lipinski definition) is 1. The monoisotopic (exact) mass is 442 g/mol. The first-order valence-corrected chi connectivity index (χ1v) is 13.7. The molecule has 2 heteroatoms. The van der Waals surface area contributed by atoms with Gasteiger partial charge in [-0.2, -0.15) is 0 Å². The van der Waals surface area contributed by atoms with E-state index in [1.807, 2.05) is 19.4 Å². The molecular formula is C30H50O2. The van der Waals surface area contributed by atoms with Crippen molar-refractivity contribution in [2.75, 3.05) is 0 Å².